The molecule has 0 saturated carbocycles. The Hall–Kier alpha value is -2.77. The van der Waals surface area contributed by atoms with Gasteiger partial charge in [-0.2, -0.15) is 19.6 Å². The van der Waals surface area contributed by atoms with Crippen molar-refractivity contribution in [3.63, 3.8) is 0 Å². The van der Waals surface area contributed by atoms with E-state index in [4.69, 9.17) is 4.74 Å². The van der Waals surface area contributed by atoms with Crippen LogP contribution in [0.25, 0.3) is 17.0 Å². The molecule has 3 aromatic rings. The van der Waals surface area contributed by atoms with Crippen molar-refractivity contribution in [1.82, 2.24) is 29.9 Å². The van der Waals surface area contributed by atoms with E-state index in [1.54, 1.807) is 4.68 Å². The lowest BCUT2D eigenvalue weighted by atomic mass is 10.3. The number of hydrogen-bond donors (Lipinski definition) is 1. The minimum Gasteiger partial charge on any atom is -0.467 e. The van der Waals surface area contributed by atoms with Crippen LogP contribution in [0.3, 0.4) is 0 Å². The van der Waals surface area contributed by atoms with Crippen molar-refractivity contribution in [3.05, 3.63) is 24.3 Å². The highest BCUT2D eigenvalue weighted by Crippen LogP contribution is 2.15. The molecule has 2 heterocycles. The van der Waals surface area contributed by atoms with E-state index >= 15 is 0 Å². The van der Waals surface area contributed by atoms with E-state index in [1.807, 2.05) is 31.2 Å². The first-order chi connectivity index (χ1) is 9.81. The predicted molar refractivity (Wildman–Crippen MR) is 73.0 cm³/mol. The smallest absolute Gasteiger partial charge is 0.322 e. The van der Waals surface area contributed by atoms with E-state index < -0.39 is 0 Å². The van der Waals surface area contributed by atoms with Gasteiger partial charge in [0.2, 0.25) is 5.95 Å². The maximum atomic E-state index is 5.09. The average Bonchev–Trinajstić information content (AvgIpc) is 2.91. The first-order valence-corrected chi connectivity index (χ1v) is 6.16. The zero-order chi connectivity index (χ0) is 13.9. The summed E-state index contributed by atoms with van der Waals surface area (Å²) in [5, 5.41) is 11.2. The Morgan fingerprint density at radius 2 is 2.05 bits per heavy atom. The lowest BCUT2D eigenvalue weighted by molar-refractivity contribution is 0.377. The van der Waals surface area contributed by atoms with Crippen molar-refractivity contribution in [2.24, 2.45) is 0 Å². The van der Waals surface area contributed by atoms with Gasteiger partial charge in [0.1, 0.15) is 5.52 Å². The van der Waals surface area contributed by atoms with Crippen LogP contribution in [0.2, 0.25) is 0 Å². The lowest BCUT2D eigenvalue weighted by Crippen LogP contribution is -2.10. The summed E-state index contributed by atoms with van der Waals surface area (Å²) < 4.78 is 6.64. The summed E-state index contributed by atoms with van der Waals surface area (Å²) in [5.41, 5.74) is 1.60. The quantitative estimate of drug-likeness (QED) is 0.758. The molecule has 1 aromatic carbocycles. The molecule has 0 aliphatic carbocycles. The topological polar surface area (TPSA) is 90.6 Å². The van der Waals surface area contributed by atoms with Crippen LogP contribution in [0.15, 0.2) is 24.3 Å². The van der Waals surface area contributed by atoms with Crippen LogP contribution in [0, 0.1) is 0 Å². The van der Waals surface area contributed by atoms with Crippen LogP contribution in [0.4, 0.5) is 5.95 Å². The molecule has 1 N–H and O–H groups in total. The maximum Gasteiger partial charge on any atom is 0.322 e. The number of aromatic nitrogens is 6. The van der Waals surface area contributed by atoms with Crippen molar-refractivity contribution in [1.29, 1.82) is 0 Å². The number of benzene rings is 1. The summed E-state index contributed by atoms with van der Waals surface area (Å²) in [5.74, 6) is 0.801. The minimum absolute atomic E-state index is 0.227. The van der Waals surface area contributed by atoms with Gasteiger partial charge in [-0.3, -0.25) is 0 Å². The second-order valence-electron chi connectivity index (χ2n) is 3.97. The number of para-hydroxylation sites is 1. The van der Waals surface area contributed by atoms with Crippen molar-refractivity contribution < 1.29 is 4.74 Å². The fraction of sp³-hybridized carbons (Fsp3) is 0.250. The van der Waals surface area contributed by atoms with Gasteiger partial charge in [0, 0.05) is 6.54 Å². The Bertz CT molecular complexity index is 740. The molecule has 0 saturated heterocycles. The highest BCUT2D eigenvalue weighted by atomic mass is 16.5. The van der Waals surface area contributed by atoms with Crippen molar-refractivity contribution in [2.75, 3.05) is 19.0 Å². The monoisotopic (exact) mass is 271 g/mol. The number of anilines is 1. The van der Waals surface area contributed by atoms with Crippen molar-refractivity contribution in [2.45, 2.75) is 6.92 Å². The first-order valence-electron chi connectivity index (χ1n) is 6.16. The Morgan fingerprint density at radius 3 is 2.85 bits per heavy atom. The fourth-order valence-corrected chi connectivity index (χ4v) is 1.79. The maximum absolute atomic E-state index is 5.09. The summed E-state index contributed by atoms with van der Waals surface area (Å²) in [6, 6.07) is 7.82. The van der Waals surface area contributed by atoms with Gasteiger partial charge < -0.3 is 10.1 Å². The second-order valence-corrected chi connectivity index (χ2v) is 3.97. The third kappa shape index (κ3) is 2.11. The van der Waals surface area contributed by atoms with E-state index in [-0.39, 0.29) is 6.01 Å². The zero-order valence-electron chi connectivity index (χ0n) is 11.1. The lowest BCUT2D eigenvalue weighted by Gasteiger charge is -2.06. The molecule has 102 valence electrons. The molecule has 0 atom stereocenters. The van der Waals surface area contributed by atoms with E-state index in [9.17, 15) is 0 Å². The molecule has 0 unspecified atom stereocenters. The number of methoxy groups -OCH3 is 1. The number of fused-ring (bicyclic) bond motifs is 1. The Balaban J connectivity index is 2.15. The van der Waals surface area contributed by atoms with Crippen LogP contribution in [-0.2, 0) is 0 Å². The molecule has 0 aliphatic rings. The van der Waals surface area contributed by atoms with Crippen LogP contribution >= 0.6 is 0 Å². The number of nitrogens with one attached hydrogen (secondary N) is 1. The van der Waals surface area contributed by atoms with Gasteiger partial charge in [0.25, 0.3) is 5.95 Å². The molecule has 8 heteroatoms. The van der Waals surface area contributed by atoms with Gasteiger partial charge in [-0.05, 0) is 19.1 Å². The zero-order valence-corrected chi connectivity index (χ0v) is 11.1. The normalized spacial score (nSPS) is 10.7. The van der Waals surface area contributed by atoms with Gasteiger partial charge in [-0.1, -0.05) is 17.3 Å². The molecule has 0 amide bonds. The molecule has 0 spiro atoms. The number of ether oxygens (including phenoxy) is 1. The van der Waals surface area contributed by atoms with Gasteiger partial charge in [0.05, 0.1) is 12.6 Å². The van der Waals surface area contributed by atoms with E-state index in [2.05, 4.69) is 30.6 Å². The van der Waals surface area contributed by atoms with E-state index in [0.29, 0.717) is 18.4 Å². The van der Waals surface area contributed by atoms with Crippen LogP contribution < -0.4 is 10.1 Å². The molecular formula is C12H13N7O. The number of hydrogen-bond acceptors (Lipinski definition) is 7. The van der Waals surface area contributed by atoms with Gasteiger partial charge in [0.15, 0.2) is 0 Å². The first kappa shape index (κ1) is 12.3. The SMILES string of the molecule is CCNc1nc(OC)nc(-n2nnc3ccccc32)n1. The molecule has 8 nitrogen and oxygen atoms in total. The summed E-state index contributed by atoms with van der Waals surface area (Å²) in [4.78, 5) is 12.6. The third-order valence-electron chi connectivity index (χ3n) is 2.66. The summed E-state index contributed by atoms with van der Waals surface area (Å²) in [7, 11) is 1.51. The highest BCUT2D eigenvalue weighted by molar-refractivity contribution is 5.75. The van der Waals surface area contributed by atoms with Gasteiger partial charge in [-0.25, -0.2) is 0 Å². The minimum atomic E-state index is 0.227. The number of nitrogens with zero attached hydrogens (tertiary/aromatic N) is 6. The largest absolute Gasteiger partial charge is 0.467 e. The average molecular weight is 271 g/mol. The van der Waals surface area contributed by atoms with Crippen molar-refractivity contribution in [3.8, 4) is 12.0 Å². The predicted octanol–water partition coefficient (Wildman–Crippen LogP) is 1.05. The summed E-state index contributed by atoms with van der Waals surface area (Å²) in [6.07, 6.45) is 0. The Kier molecular flexibility index (Phi) is 3.12. The summed E-state index contributed by atoms with van der Waals surface area (Å²) >= 11 is 0. The fourth-order valence-electron chi connectivity index (χ4n) is 1.79. The molecule has 0 bridgehead atoms. The van der Waals surface area contributed by atoms with Gasteiger partial charge >= 0.3 is 6.01 Å². The molecule has 2 aromatic heterocycles. The third-order valence-corrected chi connectivity index (χ3v) is 2.66. The molecular weight excluding hydrogens is 258 g/mol. The highest BCUT2D eigenvalue weighted by Gasteiger charge is 2.12. The molecule has 3 rings (SSSR count). The Morgan fingerprint density at radius 1 is 1.20 bits per heavy atom. The summed E-state index contributed by atoms with van der Waals surface area (Å²) in [6.45, 7) is 2.66. The van der Waals surface area contributed by atoms with E-state index in [0.717, 1.165) is 11.0 Å². The Labute approximate surface area is 114 Å². The van der Waals surface area contributed by atoms with Crippen molar-refractivity contribution >= 4 is 17.0 Å². The van der Waals surface area contributed by atoms with Crippen LogP contribution in [-0.4, -0.2) is 43.6 Å². The molecule has 0 aliphatic heterocycles. The van der Waals surface area contributed by atoms with Crippen LogP contribution in [0.1, 0.15) is 6.92 Å². The molecule has 0 radical (unpaired) electrons. The molecule has 20 heavy (non-hydrogen) atoms. The second kappa shape index (κ2) is 5.08. The standard InChI is InChI=1S/C12H13N7O/c1-3-13-10-14-11(16-12(15-10)20-2)19-9-7-5-4-6-8(9)17-18-19/h4-7H,3H2,1-2H3,(H,13,14,15,16). The molecule has 0 fully saturated rings. The van der Waals surface area contributed by atoms with Crippen LogP contribution in [0.5, 0.6) is 6.01 Å². The number of rotatable bonds is 4. The van der Waals surface area contributed by atoms with E-state index in [1.165, 1.54) is 7.11 Å². The van der Waals surface area contributed by atoms with Gasteiger partial charge in [-0.15, -0.1) is 5.10 Å².